The van der Waals surface area contributed by atoms with Crippen LogP contribution in [0.1, 0.15) is 37.9 Å². The Labute approximate surface area is 148 Å². The van der Waals surface area contributed by atoms with Gasteiger partial charge in [0.1, 0.15) is 11.6 Å². The molecule has 0 spiro atoms. The molecule has 1 saturated carbocycles. The monoisotopic (exact) mass is 373 g/mol. The van der Waals surface area contributed by atoms with Crippen molar-refractivity contribution in [2.75, 3.05) is 30.9 Å². The molecule has 136 valence electrons. The van der Waals surface area contributed by atoms with Crippen molar-refractivity contribution in [3.63, 3.8) is 0 Å². The fraction of sp³-hybridized carbons (Fsp3) is 0.733. The second-order valence-electron chi connectivity index (χ2n) is 6.12. The molecule has 0 bridgehead atoms. The lowest BCUT2D eigenvalue weighted by Gasteiger charge is -2.29. The van der Waals surface area contributed by atoms with E-state index in [0.29, 0.717) is 13.2 Å². The fourth-order valence-corrected chi connectivity index (χ4v) is 4.78. The Morgan fingerprint density at radius 2 is 2.21 bits per heavy atom. The maximum atomic E-state index is 10.4. The fourth-order valence-electron chi connectivity index (χ4n) is 2.84. The highest BCUT2D eigenvalue weighted by Gasteiger charge is 2.29. The lowest BCUT2D eigenvalue weighted by molar-refractivity contribution is 0.287. The van der Waals surface area contributed by atoms with Crippen LogP contribution in [0.4, 0.5) is 5.82 Å². The summed E-state index contributed by atoms with van der Waals surface area (Å²) < 4.78 is 5.58. The number of nitrogens with one attached hydrogen (secondary N) is 1. The molecular weight excluding hydrogens is 345 g/mol. The number of nitrogens with zero attached hydrogens (tertiary/aromatic N) is 3. The third-order valence-corrected chi connectivity index (χ3v) is 6.83. The first-order chi connectivity index (χ1) is 11.5. The summed E-state index contributed by atoms with van der Waals surface area (Å²) in [7, 11) is -1.09. The van der Waals surface area contributed by atoms with Crippen LogP contribution in [-0.4, -0.2) is 46.5 Å². The van der Waals surface area contributed by atoms with Gasteiger partial charge in [0.05, 0.1) is 6.61 Å². The highest BCUT2D eigenvalue weighted by atomic mass is 32.2. The Kier molecular flexibility index (Phi) is 7.97. The van der Waals surface area contributed by atoms with E-state index >= 15 is 0 Å². The second-order valence-corrected chi connectivity index (χ2v) is 9.10. The van der Waals surface area contributed by atoms with Crippen molar-refractivity contribution in [2.45, 2.75) is 44.2 Å². The molecule has 1 aliphatic carbocycles. The predicted octanol–water partition coefficient (Wildman–Crippen LogP) is 3.01. The minimum Gasteiger partial charge on any atom is -0.357 e. The topological polar surface area (TPSA) is 108 Å². The number of aromatic nitrogens is 2. The van der Waals surface area contributed by atoms with Crippen molar-refractivity contribution < 1.29 is 9.42 Å². The van der Waals surface area contributed by atoms with Crippen LogP contribution in [-0.2, 0) is 10.9 Å². The van der Waals surface area contributed by atoms with Crippen molar-refractivity contribution in [3.8, 4) is 0 Å². The number of rotatable bonds is 9. The second kappa shape index (κ2) is 9.73. The summed E-state index contributed by atoms with van der Waals surface area (Å²) in [6.07, 6.45) is 7.71. The highest BCUT2D eigenvalue weighted by molar-refractivity contribution is 7.97. The molecule has 0 radical (unpaired) electrons. The van der Waals surface area contributed by atoms with Gasteiger partial charge >= 0.3 is 0 Å². The van der Waals surface area contributed by atoms with Gasteiger partial charge < -0.3 is 14.3 Å². The molecule has 0 aliphatic heterocycles. The largest absolute Gasteiger partial charge is 0.357 e. The van der Waals surface area contributed by atoms with Crippen molar-refractivity contribution in [2.24, 2.45) is 5.14 Å². The maximum Gasteiger partial charge on any atom is 0.210 e. The van der Waals surface area contributed by atoms with E-state index in [4.69, 9.17) is 14.8 Å². The van der Waals surface area contributed by atoms with E-state index in [9.17, 15) is 4.89 Å². The normalized spacial score (nSPS) is 18.3. The van der Waals surface area contributed by atoms with Crippen LogP contribution in [0.25, 0.3) is 0 Å². The molecule has 9 heteroatoms. The summed E-state index contributed by atoms with van der Waals surface area (Å²) in [4.78, 5) is 21.1. The molecule has 1 atom stereocenters. The van der Waals surface area contributed by atoms with Crippen LogP contribution < -0.4 is 10.0 Å². The summed E-state index contributed by atoms with van der Waals surface area (Å²) in [6.45, 7) is 0.911. The number of hydrogen-bond acceptors (Lipinski definition) is 7. The molecule has 0 aromatic carbocycles. The molecule has 4 N–H and O–H groups in total. The zero-order valence-corrected chi connectivity index (χ0v) is 15.9. The first-order valence-corrected chi connectivity index (χ1v) is 11.2. The SMILES string of the molecule is CN(CCOP(=N)(O)C1CCCCC1)c1ccnc(CCSN)n1. The van der Waals surface area contributed by atoms with Gasteiger partial charge in [-0.1, -0.05) is 31.2 Å². The third-order valence-electron chi connectivity index (χ3n) is 4.31. The van der Waals surface area contributed by atoms with Crippen molar-refractivity contribution in [3.05, 3.63) is 18.1 Å². The summed E-state index contributed by atoms with van der Waals surface area (Å²) in [5, 5.41) is 13.6. The quantitative estimate of drug-likeness (QED) is 0.451. The first kappa shape index (κ1) is 19.7. The third kappa shape index (κ3) is 6.01. The maximum absolute atomic E-state index is 10.4. The molecule has 0 amide bonds. The highest BCUT2D eigenvalue weighted by Crippen LogP contribution is 2.53. The summed E-state index contributed by atoms with van der Waals surface area (Å²) >= 11 is 1.28. The van der Waals surface area contributed by atoms with Gasteiger partial charge in [-0.15, -0.1) is 0 Å². The first-order valence-electron chi connectivity index (χ1n) is 8.39. The van der Waals surface area contributed by atoms with E-state index in [1.807, 2.05) is 18.0 Å². The Bertz CT molecular complexity index is 556. The van der Waals surface area contributed by atoms with E-state index in [2.05, 4.69) is 9.97 Å². The molecule has 7 nitrogen and oxygen atoms in total. The lowest BCUT2D eigenvalue weighted by atomic mass is 10.0. The van der Waals surface area contributed by atoms with E-state index in [1.165, 1.54) is 18.4 Å². The summed E-state index contributed by atoms with van der Waals surface area (Å²) in [5.74, 6) is 2.37. The van der Waals surface area contributed by atoms with E-state index in [-0.39, 0.29) is 5.66 Å². The van der Waals surface area contributed by atoms with Gasteiger partial charge in [0.25, 0.3) is 0 Å². The van der Waals surface area contributed by atoms with Crippen LogP contribution in [0.3, 0.4) is 0 Å². The van der Waals surface area contributed by atoms with Crippen LogP contribution >= 0.6 is 19.5 Å². The van der Waals surface area contributed by atoms with Crippen molar-refractivity contribution in [1.29, 1.82) is 5.16 Å². The average molecular weight is 373 g/mol. The Morgan fingerprint density at radius 1 is 1.46 bits per heavy atom. The Morgan fingerprint density at radius 3 is 2.92 bits per heavy atom. The van der Waals surface area contributed by atoms with E-state index in [0.717, 1.165) is 49.5 Å². The van der Waals surface area contributed by atoms with Crippen LogP contribution in [0.5, 0.6) is 0 Å². The van der Waals surface area contributed by atoms with Gasteiger partial charge in [0, 0.05) is 37.6 Å². The van der Waals surface area contributed by atoms with Crippen LogP contribution in [0, 0.1) is 5.16 Å². The summed E-state index contributed by atoms with van der Waals surface area (Å²) in [6, 6.07) is 1.85. The Hall–Kier alpha value is -0.660. The van der Waals surface area contributed by atoms with Gasteiger partial charge in [0.15, 0.2) is 0 Å². The number of aryl methyl sites for hydroxylation is 1. The molecule has 1 aromatic rings. The van der Waals surface area contributed by atoms with Crippen molar-refractivity contribution >= 4 is 25.3 Å². The minimum atomic E-state index is -3.02. The minimum absolute atomic E-state index is 0.0240. The average Bonchev–Trinajstić information content (AvgIpc) is 2.60. The molecule has 24 heavy (non-hydrogen) atoms. The molecule has 1 fully saturated rings. The van der Waals surface area contributed by atoms with E-state index in [1.54, 1.807) is 6.20 Å². The number of hydrogen-bond donors (Lipinski definition) is 3. The van der Waals surface area contributed by atoms with Crippen LogP contribution in [0.15, 0.2) is 12.3 Å². The number of likely N-dealkylation sites (N-methyl/N-ethyl adjacent to an activating group) is 1. The predicted molar refractivity (Wildman–Crippen MR) is 100 cm³/mol. The zero-order chi connectivity index (χ0) is 17.4. The molecule has 1 aromatic heterocycles. The van der Waals surface area contributed by atoms with Gasteiger partial charge in [-0.05, 0) is 18.9 Å². The Balaban J connectivity index is 1.82. The van der Waals surface area contributed by atoms with Crippen LogP contribution in [0.2, 0.25) is 0 Å². The van der Waals surface area contributed by atoms with Gasteiger partial charge in [0.2, 0.25) is 7.51 Å². The number of nitrogens with two attached hydrogens (primary N) is 1. The van der Waals surface area contributed by atoms with Gasteiger partial charge in [-0.2, -0.15) is 0 Å². The van der Waals surface area contributed by atoms with Gasteiger partial charge in [-0.25, -0.2) is 9.97 Å². The smallest absolute Gasteiger partial charge is 0.210 e. The van der Waals surface area contributed by atoms with Gasteiger partial charge in [-0.3, -0.25) is 10.3 Å². The zero-order valence-electron chi connectivity index (χ0n) is 14.2. The molecular formula is C15H28N5O2PS. The summed E-state index contributed by atoms with van der Waals surface area (Å²) in [5.41, 5.74) is 0.0240. The van der Waals surface area contributed by atoms with E-state index < -0.39 is 7.51 Å². The molecule has 2 rings (SSSR count). The van der Waals surface area contributed by atoms with Crippen molar-refractivity contribution in [1.82, 2.24) is 9.97 Å². The standard InChI is InChI=1S/C15H28N5O2PS/c1-20(15-7-9-18-14(19-15)8-12-24-17)10-11-22-23(16,21)13-5-3-2-4-6-13/h7,9,13H,2-6,8,10-12,17H2,1H3,(H2,16,21). The molecule has 1 unspecified atom stereocenters. The lowest BCUT2D eigenvalue weighted by Crippen LogP contribution is -2.24. The molecule has 1 heterocycles. The molecule has 0 saturated heterocycles. The number of anilines is 1. The molecule has 1 aliphatic rings.